The number of nitrogens with zero attached hydrogens (tertiary/aromatic N) is 2. The molecule has 2 aromatic heterocycles. The molecule has 0 aliphatic heterocycles. The molecule has 6 aromatic rings. The number of anilines is 1. The minimum Gasteiger partial charge on any atom is -0.495 e. The lowest BCUT2D eigenvalue weighted by Gasteiger charge is -2.22. The summed E-state index contributed by atoms with van der Waals surface area (Å²) in [5.74, 6) is 0.0611. The van der Waals surface area contributed by atoms with Gasteiger partial charge >= 0.3 is 0 Å². The van der Waals surface area contributed by atoms with Crippen molar-refractivity contribution in [2.45, 2.75) is 0 Å². The Bertz CT molecular complexity index is 2100. The van der Waals surface area contributed by atoms with E-state index in [1.54, 1.807) is 30.3 Å². The molecule has 0 spiro atoms. The first kappa shape index (κ1) is 28.0. The number of hydrogen-bond donors (Lipinski definition) is 1. The number of furan rings is 1. The molecule has 0 atom stereocenters. The maximum atomic E-state index is 13.7. The Kier molecular flexibility index (Phi) is 6.89. The molecule has 1 N–H and O–H groups in total. The second-order valence-corrected chi connectivity index (χ2v) is 11.9. The van der Waals surface area contributed by atoms with E-state index in [9.17, 15) is 17.6 Å². The van der Waals surface area contributed by atoms with Crippen LogP contribution in [0, 0.1) is 5.82 Å². The van der Waals surface area contributed by atoms with Crippen molar-refractivity contribution in [1.82, 2.24) is 10.3 Å². The van der Waals surface area contributed by atoms with Gasteiger partial charge in [-0.05, 0) is 48.5 Å². The van der Waals surface area contributed by atoms with E-state index in [1.165, 1.54) is 45.5 Å². The first-order valence-electron chi connectivity index (χ1n) is 13.2. The topological polar surface area (TPSA) is 115 Å². The summed E-state index contributed by atoms with van der Waals surface area (Å²) in [5.41, 5.74) is 4.05. The number of fused-ring (bicyclic) bond motifs is 2. The minimum atomic E-state index is -3.74. The third-order valence-corrected chi connectivity index (χ3v) is 8.43. The van der Waals surface area contributed by atoms with Gasteiger partial charge < -0.3 is 18.9 Å². The number of amides is 1. The lowest BCUT2D eigenvalue weighted by atomic mass is 9.96. The summed E-state index contributed by atoms with van der Waals surface area (Å²) in [6.45, 7) is 0. The number of nitrogens with one attached hydrogen (secondary N) is 1. The Balaban J connectivity index is 1.66. The zero-order valence-corrected chi connectivity index (χ0v) is 24.5. The SMILES string of the molecule is CNC(=O)c1c(-c2ccc(F)cc2)oc2cc(N(C)S(C)(=O)=O)c(-c3cccc(-c4nc5ccccc5o4)c3OC)cc12. The van der Waals surface area contributed by atoms with Crippen molar-refractivity contribution in [3.8, 4) is 39.7 Å². The van der Waals surface area contributed by atoms with E-state index in [-0.39, 0.29) is 22.6 Å². The number of oxazole rings is 1. The summed E-state index contributed by atoms with van der Waals surface area (Å²) in [7, 11) is 0.694. The van der Waals surface area contributed by atoms with Gasteiger partial charge in [0.25, 0.3) is 5.91 Å². The summed E-state index contributed by atoms with van der Waals surface area (Å²) in [6, 6.07) is 21.6. The minimum absolute atomic E-state index is 0.214. The molecule has 2 heterocycles. The standard InChI is InChI=1S/C32H26FN3O6S/c1-34-31(37)28-23-16-22(20-8-7-9-21(30(20)40-3)32-35-24-10-5-6-11-26(24)42-32)25(36(2)43(4,38)39)17-27(23)41-29(28)18-12-14-19(33)15-13-18/h5-17H,1-4H3,(H,34,37). The second kappa shape index (κ2) is 10.6. The molecule has 43 heavy (non-hydrogen) atoms. The molecular weight excluding hydrogens is 573 g/mol. The summed E-state index contributed by atoms with van der Waals surface area (Å²) in [6.07, 6.45) is 1.09. The van der Waals surface area contributed by atoms with Crippen molar-refractivity contribution >= 4 is 43.7 Å². The van der Waals surface area contributed by atoms with Crippen molar-refractivity contribution in [3.63, 3.8) is 0 Å². The van der Waals surface area contributed by atoms with Crippen LogP contribution in [0.5, 0.6) is 5.75 Å². The number of sulfonamides is 1. The summed E-state index contributed by atoms with van der Waals surface area (Å²) in [4.78, 5) is 17.8. The van der Waals surface area contributed by atoms with Gasteiger partial charge in [-0.15, -0.1) is 0 Å². The number of benzene rings is 4. The van der Waals surface area contributed by atoms with Gasteiger partial charge in [0, 0.05) is 42.2 Å². The molecule has 0 saturated heterocycles. The highest BCUT2D eigenvalue weighted by molar-refractivity contribution is 7.92. The molecule has 218 valence electrons. The Labute approximate surface area is 246 Å². The molecule has 0 fully saturated rings. The van der Waals surface area contributed by atoms with Crippen LogP contribution >= 0.6 is 0 Å². The third kappa shape index (κ3) is 4.87. The molecule has 0 bridgehead atoms. The first-order chi connectivity index (χ1) is 20.6. The Morgan fingerprint density at radius 1 is 0.930 bits per heavy atom. The number of carbonyl (C=O) groups excluding carboxylic acids is 1. The van der Waals surface area contributed by atoms with E-state index in [0.717, 1.165) is 10.6 Å². The predicted molar refractivity (Wildman–Crippen MR) is 163 cm³/mol. The van der Waals surface area contributed by atoms with Crippen LogP contribution in [0.2, 0.25) is 0 Å². The first-order valence-corrected chi connectivity index (χ1v) is 15.0. The van der Waals surface area contributed by atoms with Crippen LogP contribution in [0.4, 0.5) is 10.1 Å². The van der Waals surface area contributed by atoms with Gasteiger partial charge in [0.05, 0.1) is 30.2 Å². The maximum Gasteiger partial charge on any atom is 0.255 e. The monoisotopic (exact) mass is 599 g/mol. The molecule has 0 aliphatic carbocycles. The average Bonchev–Trinajstić information content (AvgIpc) is 3.60. The van der Waals surface area contributed by atoms with Crippen LogP contribution in [0.15, 0.2) is 87.7 Å². The van der Waals surface area contributed by atoms with E-state index in [4.69, 9.17) is 13.6 Å². The number of aromatic nitrogens is 1. The molecule has 4 aromatic carbocycles. The zero-order chi connectivity index (χ0) is 30.5. The van der Waals surface area contributed by atoms with Crippen LogP contribution in [0.25, 0.3) is 56.0 Å². The van der Waals surface area contributed by atoms with Gasteiger partial charge in [-0.3, -0.25) is 9.10 Å². The van der Waals surface area contributed by atoms with Crippen molar-refractivity contribution in [3.05, 3.63) is 90.2 Å². The molecule has 0 unspecified atom stereocenters. The van der Waals surface area contributed by atoms with Gasteiger partial charge in [-0.1, -0.05) is 24.3 Å². The van der Waals surface area contributed by atoms with E-state index in [2.05, 4.69) is 10.3 Å². The van der Waals surface area contributed by atoms with E-state index in [1.807, 2.05) is 24.3 Å². The molecule has 0 aliphatic rings. The second-order valence-electron chi connectivity index (χ2n) is 9.86. The number of ether oxygens (including phenoxy) is 1. The van der Waals surface area contributed by atoms with Crippen LogP contribution < -0.4 is 14.4 Å². The highest BCUT2D eigenvalue weighted by Crippen LogP contribution is 2.46. The third-order valence-electron chi connectivity index (χ3n) is 7.24. The summed E-state index contributed by atoms with van der Waals surface area (Å²) in [5, 5.41) is 3.07. The van der Waals surface area contributed by atoms with Gasteiger partial charge in [0.15, 0.2) is 5.58 Å². The molecular formula is C32H26FN3O6S. The predicted octanol–water partition coefficient (Wildman–Crippen LogP) is 6.48. The largest absolute Gasteiger partial charge is 0.495 e. The fraction of sp³-hybridized carbons (Fsp3) is 0.125. The van der Waals surface area contributed by atoms with Crippen molar-refractivity contribution < 1.29 is 31.2 Å². The van der Waals surface area contributed by atoms with Crippen molar-refractivity contribution in [2.75, 3.05) is 31.8 Å². The number of hydrogen-bond acceptors (Lipinski definition) is 7. The van der Waals surface area contributed by atoms with Crippen LogP contribution in [0.1, 0.15) is 10.4 Å². The Morgan fingerprint density at radius 2 is 1.65 bits per heavy atom. The quantitative estimate of drug-likeness (QED) is 0.223. The number of rotatable bonds is 7. The number of halogens is 1. The number of carbonyl (C=O) groups is 1. The number of methoxy groups -OCH3 is 1. The van der Waals surface area contributed by atoms with Crippen molar-refractivity contribution in [1.29, 1.82) is 0 Å². The lowest BCUT2D eigenvalue weighted by molar-refractivity contribution is 0.0964. The van der Waals surface area contributed by atoms with Gasteiger partial charge in [-0.2, -0.15) is 0 Å². The Morgan fingerprint density at radius 3 is 2.33 bits per heavy atom. The molecule has 11 heteroatoms. The lowest BCUT2D eigenvalue weighted by Crippen LogP contribution is -2.25. The Hall–Kier alpha value is -5.16. The molecule has 6 rings (SSSR count). The maximum absolute atomic E-state index is 13.7. The van der Waals surface area contributed by atoms with E-state index in [0.29, 0.717) is 50.4 Å². The van der Waals surface area contributed by atoms with Crippen LogP contribution in [0.3, 0.4) is 0 Å². The summed E-state index contributed by atoms with van der Waals surface area (Å²) < 4.78 is 58.6. The van der Waals surface area contributed by atoms with E-state index < -0.39 is 21.7 Å². The van der Waals surface area contributed by atoms with Crippen LogP contribution in [-0.4, -0.2) is 46.8 Å². The normalized spacial score (nSPS) is 11.7. The van der Waals surface area contributed by atoms with Gasteiger partial charge in [0.1, 0.15) is 28.4 Å². The fourth-order valence-electron chi connectivity index (χ4n) is 5.07. The average molecular weight is 600 g/mol. The van der Waals surface area contributed by atoms with Gasteiger partial charge in [-0.25, -0.2) is 17.8 Å². The smallest absolute Gasteiger partial charge is 0.255 e. The van der Waals surface area contributed by atoms with Crippen LogP contribution in [-0.2, 0) is 10.0 Å². The molecule has 9 nitrogen and oxygen atoms in total. The molecule has 0 saturated carbocycles. The summed E-state index contributed by atoms with van der Waals surface area (Å²) >= 11 is 0. The highest BCUT2D eigenvalue weighted by atomic mass is 32.2. The zero-order valence-electron chi connectivity index (χ0n) is 23.6. The fourth-order valence-corrected chi connectivity index (χ4v) is 5.58. The number of para-hydroxylation sites is 3. The van der Waals surface area contributed by atoms with Gasteiger partial charge in [0.2, 0.25) is 15.9 Å². The van der Waals surface area contributed by atoms with E-state index >= 15 is 0 Å². The van der Waals surface area contributed by atoms with Crippen molar-refractivity contribution in [2.24, 2.45) is 0 Å². The molecule has 1 amide bonds. The highest BCUT2D eigenvalue weighted by Gasteiger charge is 2.28. The molecule has 0 radical (unpaired) electrons.